The lowest BCUT2D eigenvalue weighted by Crippen LogP contribution is -2.54. The third-order valence-corrected chi connectivity index (χ3v) is 3.61. The monoisotopic (exact) mass is 289 g/mol. The van der Waals surface area contributed by atoms with Crippen LogP contribution >= 0.6 is 0 Å². The molecular weight excluding hydrogens is 273 g/mol. The molecule has 2 fully saturated rings. The summed E-state index contributed by atoms with van der Waals surface area (Å²) in [4.78, 5) is 25.1. The standard InChI is InChI=1S/C14H16BNO5/c1-15(14-13(19-14)10-6-4-3-5-7-10)20-11(17)8-16(2)9-12(18)21-15/h3-7,13-14H,1,8-9H2,2H3. The van der Waals surface area contributed by atoms with E-state index in [2.05, 4.69) is 6.82 Å². The second kappa shape index (κ2) is 5.09. The number of nitrogens with zero attached hydrogens (tertiary/aromatic N) is 1. The summed E-state index contributed by atoms with van der Waals surface area (Å²) in [5, 5.41) is 0. The summed E-state index contributed by atoms with van der Waals surface area (Å²) in [7, 11) is 1.64. The van der Waals surface area contributed by atoms with Crippen LogP contribution in [-0.4, -0.2) is 49.5 Å². The fourth-order valence-corrected chi connectivity index (χ4v) is 2.60. The number of carbonyl (C=O) groups excluding carboxylic acids is 2. The highest BCUT2D eigenvalue weighted by Gasteiger charge is 2.62. The number of benzene rings is 1. The molecule has 1 aromatic rings. The highest BCUT2D eigenvalue weighted by molar-refractivity contribution is 6.74. The molecular formula is C14H16BNO5. The third-order valence-electron chi connectivity index (χ3n) is 3.61. The Hall–Kier alpha value is -1.99. The van der Waals surface area contributed by atoms with E-state index in [1.165, 1.54) is 4.90 Å². The van der Waals surface area contributed by atoms with Gasteiger partial charge in [0.05, 0.1) is 25.2 Å². The first-order valence-electron chi connectivity index (χ1n) is 6.82. The molecule has 0 N–H and O–H groups in total. The van der Waals surface area contributed by atoms with Crippen LogP contribution in [-0.2, 0) is 23.6 Å². The van der Waals surface area contributed by atoms with Crippen molar-refractivity contribution >= 4 is 18.5 Å². The molecule has 0 bridgehead atoms. The lowest BCUT2D eigenvalue weighted by molar-refractivity contribution is -0.147. The number of hydrogen-bond donors (Lipinski definition) is 0. The zero-order valence-corrected chi connectivity index (χ0v) is 11.7. The largest absolute Gasteiger partial charge is 0.614 e. The van der Waals surface area contributed by atoms with Crippen molar-refractivity contribution < 1.29 is 23.6 Å². The van der Waals surface area contributed by atoms with Crippen molar-refractivity contribution in [2.24, 2.45) is 0 Å². The van der Waals surface area contributed by atoms with Gasteiger partial charge in [-0.1, -0.05) is 30.3 Å². The smallest absolute Gasteiger partial charge is 0.583 e. The molecule has 6 nitrogen and oxygen atoms in total. The Balaban J connectivity index is 1.77. The van der Waals surface area contributed by atoms with Gasteiger partial charge in [-0.25, -0.2) is 0 Å². The van der Waals surface area contributed by atoms with Crippen LogP contribution in [0.2, 0.25) is 0 Å². The Kier molecular flexibility index (Phi) is 3.39. The average Bonchev–Trinajstić information content (AvgIpc) is 3.18. The van der Waals surface area contributed by atoms with Crippen LogP contribution < -0.4 is 0 Å². The predicted molar refractivity (Wildman–Crippen MR) is 74.8 cm³/mol. The summed E-state index contributed by atoms with van der Waals surface area (Å²) in [6.45, 7) is 1.50. The van der Waals surface area contributed by atoms with Crippen LogP contribution in [0.15, 0.2) is 30.3 Å². The van der Waals surface area contributed by atoms with E-state index in [0.29, 0.717) is 0 Å². The number of ether oxygens (including phenoxy) is 1. The molecule has 21 heavy (non-hydrogen) atoms. The minimum absolute atomic E-state index is 0.0246. The summed E-state index contributed by atoms with van der Waals surface area (Å²) in [5.74, 6) is -0.940. The van der Waals surface area contributed by atoms with E-state index in [4.69, 9.17) is 14.0 Å². The van der Waals surface area contributed by atoms with E-state index < -0.39 is 24.5 Å². The lowest BCUT2D eigenvalue weighted by atomic mass is 9.55. The van der Waals surface area contributed by atoms with E-state index in [-0.39, 0.29) is 19.2 Å². The van der Waals surface area contributed by atoms with Crippen molar-refractivity contribution in [3.05, 3.63) is 42.7 Å². The molecule has 3 rings (SSSR count). The van der Waals surface area contributed by atoms with Gasteiger partial charge in [-0.3, -0.25) is 14.5 Å². The van der Waals surface area contributed by atoms with Crippen molar-refractivity contribution in [3.63, 3.8) is 0 Å². The molecule has 7 heteroatoms. The van der Waals surface area contributed by atoms with Crippen LogP contribution in [0, 0.1) is 6.82 Å². The van der Waals surface area contributed by atoms with Gasteiger partial charge >= 0.3 is 6.55 Å². The van der Waals surface area contributed by atoms with Gasteiger partial charge in [-0.05, 0) is 19.4 Å². The van der Waals surface area contributed by atoms with E-state index in [9.17, 15) is 9.59 Å². The van der Waals surface area contributed by atoms with Crippen LogP contribution in [0.5, 0.6) is 0 Å². The predicted octanol–water partition coefficient (Wildman–Crippen LogP) is 0.513. The first kappa shape index (κ1) is 14.0. The van der Waals surface area contributed by atoms with Crippen LogP contribution in [0.1, 0.15) is 11.7 Å². The minimum Gasteiger partial charge on any atom is -0.614 e. The molecule has 0 spiro atoms. The van der Waals surface area contributed by atoms with Gasteiger partial charge < -0.3 is 14.0 Å². The zero-order chi connectivity index (χ0) is 15.0. The van der Waals surface area contributed by atoms with Gasteiger partial charge in [0.1, 0.15) is 0 Å². The van der Waals surface area contributed by atoms with Crippen molar-refractivity contribution in [2.45, 2.75) is 12.1 Å². The second-order valence-electron chi connectivity index (χ2n) is 5.52. The molecule has 2 unspecified atom stereocenters. The fraction of sp³-hybridized carbons (Fsp3) is 0.357. The Morgan fingerprint density at radius 1 is 1.14 bits per heavy atom. The van der Waals surface area contributed by atoms with Crippen molar-refractivity contribution in [1.29, 1.82) is 0 Å². The molecule has 0 saturated carbocycles. The van der Waals surface area contributed by atoms with Gasteiger partial charge in [-0.2, -0.15) is 0 Å². The maximum Gasteiger partial charge on any atom is 0.583 e. The Morgan fingerprint density at radius 3 is 2.29 bits per heavy atom. The summed E-state index contributed by atoms with van der Waals surface area (Å²) >= 11 is 0. The Bertz CT molecular complexity index is 544. The van der Waals surface area contributed by atoms with Crippen LogP contribution in [0.4, 0.5) is 0 Å². The number of likely N-dealkylation sites (N-methyl/N-ethyl adjacent to an activating group) is 1. The maximum atomic E-state index is 11.8. The normalized spacial score (nSPS) is 29.0. The summed E-state index contributed by atoms with van der Waals surface area (Å²) in [6, 6.07) is 8.97. The molecule has 0 amide bonds. The summed E-state index contributed by atoms with van der Waals surface area (Å²) in [6.07, 6.45) is -0.263. The average molecular weight is 289 g/mol. The number of epoxide rings is 1. The lowest BCUT2D eigenvalue weighted by Gasteiger charge is -2.33. The molecule has 1 aromatic carbocycles. The molecule has 2 atom stereocenters. The number of hydrogen-bond acceptors (Lipinski definition) is 6. The van der Waals surface area contributed by atoms with E-state index in [0.717, 1.165) is 5.56 Å². The molecule has 110 valence electrons. The van der Waals surface area contributed by atoms with Crippen molar-refractivity contribution in [3.8, 4) is 0 Å². The maximum absolute atomic E-state index is 11.8. The number of carbonyl (C=O) groups is 2. The van der Waals surface area contributed by atoms with Gasteiger partial charge in [-0.15, -0.1) is 0 Å². The zero-order valence-electron chi connectivity index (χ0n) is 11.7. The van der Waals surface area contributed by atoms with Gasteiger partial charge in [0.2, 0.25) is 0 Å². The van der Waals surface area contributed by atoms with E-state index in [1.54, 1.807) is 7.05 Å². The Labute approximate surface area is 122 Å². The van der Waals surface area contributed by atoms with Gasteiger partial charge in [0.25, 0.3) is 11.9 Å². The molecule has 0 radical (unpaired) electrons. The molecule has 2 saturated heterocycles. The summed E-state index contributed by atoms with van der Waals surface area (Å²) in [5.41, 5.74) is 0.943. The summed E-state index contributed by atoms with van der Waals surface area (Å²) < 4.78 is 16.2. The molecule has 2 heterocycles. The Morgan fingerprint density at radius 2 is 1.71 bits per heavy atom. The highest BCUT2D eigenvalue weighted by Crippen LogP contribution is 2.44. The molecule has 0 aliphatic carbocycles. The van der Waals surface area contributed by atoms with Crippen LogP contribution in [0.25, 0.3) is 0 Å². The quantitative estimate of drug-likeness (QED) is 0.449. The topological polar surface area (TPSA) is 68.4 Å². The first-order valence-corrected chi connectivity index (χ1v) is 6.82. The van der Waals surface area contributed by atoms with Crippen molar-refractivity contribution in [2.75, 3.05) is 20.1 Å². The highest BCUT2D eigenvalue weighted by atomic mass is 16.7. The van der Waals surface area contributed by atoms with Gasteiger partial charge in [0, 0.05) is 0 Å². The second-order valence-corrected chi connectivity index (χ2v) is 5.52. The first-order chi connectivity index (χ1) is 9.98. The molecule has 2 aliphatic rings. The number of rotatable bonds is 2. The third kappa shape index (κ3) is 2.89. The molecule has 2 aliphatic heterocycles. The van der Waals surface area contributed by atoms with E-state index in [1.807, 2.05) is 30.3 Å². The van der Waals surface area contributed by atoms with E-state index >= 15 is 0 Å². The minimum atomic E-state index is -2.37. The fourth-order valence-electron chi connectivity index (χ4n) is 2.60. The van der Waals surface area contributed by atoms with Crippen molar-refractivity contribution in [1.82, 2.24) is 4.90 Å². The SMILES string of the molecule is [CH2+][B-]1(C2OC2c2ccccc2)OC(=O)CN(C)CC(=O)O1. The van der Waals surface area contributed by atoms with Gasteiger partial charge in [0.15, 0.2) is 0 Å². The van der Waals surface area contributed by atoms with Crippen LogP contribution in [0.3, 0.4) is 0 Å². The molecule has 0 aromatic heterocycles.